The van der Waals surface area contributed by atoms with Crippen molar-refractivity contribution in [3.8, 4) is 16.9 Å². The van der Waals surface area contributed by atoms with Gasteiger partial charge in [0.25, 0.3) is 11.3 Å². The second-order valence-corrected chi connectivity index (χ2v) is 8.63. The summed E-state index contributed by atoms with van der Waals surface area (Å²) >= 11 is -2.68. The molecule has 1 aliphatic heterocycles. The van der Waals surface area contributed by atoms with Gasteiger partial charge in [-0.1, -0.05) is 26.0 Å². The van der Waals surface area contributed by atoms with Crippen LogP contribution >= 0.6 is 0 Å². The van der Waals surface area contributed by atoms with E-state index in [0.29, 0.717) is 29.0 Å². The summed E-state index contributed by atoms with van der Waals surface area (Å²) in [6.07, 6.45) is 4.98. The number of carbonyl (C=O) groups is 1. The first-order valence-corrected chi connectivity index (χ1v) is 12.1. The minimum absolute atomic E-state index is 0.0250. The van der Waals surface area contributed by atoms with Crippen LogP contribution in [0.4, 0.5) is 15.8 Å². The molecule has 0 bridgehead atoms. The number of carboxylic acid groups (broad SMARTS) is 1. The monoisotopic (exact) mass is 500 g/mol. The highest BCUT2D eigenvalue weighted by molar-refractivity contribution is 7.81. The zero-order valence-corrected chi connectivity index (χ0v) is 20.0. The van der Waals surface area contributed by atoms with Gasteiger partial charge in [0.15, 0.2) is 0 Å². The van der Waals surface area contributed by atoms with E-state index in [1.807, 2.05) is 19.9 Å². The molecule has 2 N–H and O–H groups in total. The number of carboxylic acids is 1. The van der Waals surface area contributed by atoms with Gasteiger partial charge in [0.1, 0.15) is 29.5 Å². The third-order valence-corrected chi connectivity index (χ3v) is 6.58. The van der Waals surface area contributed by atoms with E-state index in [2.05, 4.69) is 4.90 Å². The Kier molecular flexibility index (Phi) is 7.34. The fourth-order valence-corrected chi connectivity index (χ4v) is 4.75. The molecule has 0 saturated heterocycles. The summed E-state index contributed by atoms with van der Waals surface area (Å²) in [5.41, 5.74) is 1.35. The average Bonchev–Trinajstić information content (AvgIpc) is 3.32. The number of likely N-dealkylation sites (N-methyl/N-ethyl adjacent to an activating group) is 1. The number of hydrogen-bond acceptors (Lipinski definition) is 5. The first kappa shape index (κ1) is 24.6. The van der Waals surface area contributed by atoms with Crippen LogP contribution < -0.4 is 9.04 Å². The molecule has 8 nitrogen and oxygen atoms in total. The lowest BCUT2D eigenvalue weighted by Gasteiger charge is -2.27. The minimum atomic E-state index is -2.68. The maximum absolute atomic E-state index is 14.2. The van der Waals surface area contributed by atoms with Crippen molar-refractivity contribution >= 4 is 34.7 Å². The lowest BCUT2D eigenvalue weighted by molar-refractivity contribution is 0.0692. The van der Waals surface area contributed by atoms with Crippen molar-refractivity contribution < 1.29 is 32.2 Å². The van der Waals surface area contributed by atoms with Gasteiger partial charge in [0.2, 0.25) is 0 Å². The summed E-state index contributed by atoms with van der Waals surface area (Å²) in [6.45, 7) is 6.35. The van der Waals surface area contributed by atoms with Crippen LogP contribution in [0.2, 0.25) is 0 Å². The summed E-state index contributed by atoms with van der Waals surface area (Å²) < 4.78 is 49.0. The Morgan fingerprint density at radius 2 is 1.89 bits per heavy atom. The number of furan rings is 1. The third-order valence-electron chi connectivity index (χ3n) is 5.87. The Balaban J connectivity index is 1.85. The number of fused-ring (bicyclic) bond motifs is 3. The largest absolute Gasteiger partial charge is 0.484 e. The van der Waals surface area contributed by atoms with Crippen molar-refractivity contribution in [2.45, 2.75) is 20.5 Å². The Morgan fingerprint density at radius 1 is 1.14 bits per heavy atom. The predicted octanol–water partition coefficient (Wildman–Crippen LogP) is 5.31. The standard InChI is InChI=1S/C25H25FN2O6S/c1-3-27(4-2)12-5-6-16-14-17(26)7-9-20(16)28(35(31)32)21-10-8-19-18-11-13-33-22(18)15-34-24(19)23(21)25(29)30/h5-11,13-14H,3-4,12,15H2,1-2H3,(H,29,30)(H,31,32). The topological polar surface area (TPSA) is 103 Å². The van der Waals surface area contributed by atoms with E-state index < -0.39 is 23.1 Å². The molecule has 2 heterocycles. The van der Waals surface area contributed by atoms with Crippen LogP contribution in [0.15, 0.2) is 53.2 Å². The number of rotatable bonds is 9. The summed E-state index contributed by atoms with van der Waals surface area (Å²) in [7, 11) is 0. The fraction of sp³-hybridized carbons (Fsp3) is 0.240. The van der Waals surface area contributed by atoms with Crippen LogP contribution in [0.1, 0.15) is 35.5 Å². The Bertz CT molecular complexity index is 1300. The van der Waals surface area contributed by atoms with Gasteiger partial charge in [-0.2, -0.15) is 0 Å². The molecule has 184 valence electrons. The average molecular weight is 501 g/mol. The van der Waals surface area contributed by atoms with Gasteiger partial charge in [-0.15, -0.1) is 0 Å². The van der Waals surface area contributed by atoms with Gasteiger partial charge in [0, 0.05) is 23.2 Å². The second kappa shape index (κ2) is 10.4. The summed E-state index contributed by atoms with van der Waals surface area (Å²) in [6, 6.07) is 8.51. The van der Waals surface area contributed by atoms with Crippen LogP contribution in [-0.2, 0) is 17.9 Å². The van der Waals surface area contributed by atoms with Crippen LogP contribution in [0, 0.1) is 5.82 Å². The molecule has 1 aliphatic rings. The number of hydrogen-bond donors (Lipinski definition) is 2. The van der Waals surface area contributed by atoms with E-state index in [4.69, 9.17) is 9.15 Å². The van der Waals surface area contributed by atoms with Gasteiger partial charge in [-0.25, -0.2) is 17.7 Å². The van der Waals surface area contributed by atoms with Crippen molar-refractivity contribution in [2.24, 2.45) is 0 Å². The first-order chi connectivity index (χ1) is 16.8. The molecule has 0 spiro atoms. The first-order valence-electron chi connectivity index (χ1n) is 11.0. The predicted molar refractivity (Wildman–Crippen MR) is 132 cm³/mol. The lowest BCUT2D eigenvalue weighted by atomic mass is 9.98. The maximum Gasteiger partial charge on any atom is 0.341 e. The second-order valence-electron chi connectivity index (χ2n) is 7.80. The molecule has 1 aromatic heterocycles. The zero-order valence-electron chi connectivity index (χ0n) is 19.2. The quantitative estimate of drug-likeness (QED) is 0.384. The van der Waals surface area contributed by atoms with Crippen molar-refractivity contribution in [1.82, 2.24) is 4.90 Å². The highest BCUT2D eigenvalue weighted by Crippen LogP contribution is 2.45. The van der Waals surface area contributed by atoms with E-state index in [9.17, 15) is 23.1 Å². The van der Waals surface area contributed by atoms with Crippen molar-refractivity contribution in [3.63, 3.8) is 0 Å². The molecular formula is C25H25FN2O6S. The van der Waals surface area contributed by atoms with E-state index in [1.54, 1.807) is 18.2 Å². The summed E-state index contributed by atoms with van der Waals surface area (Å²) in [5, 5.41) is 10.1. The fourth-order valence-electron chi connectivity index (χ4n) is 4.09. The van der Waals surface area contributed by atoms with E-state index in [1.165, 1.54) is 24.5 Å². The number of ether oxygens (including phenoxy) is 1. The number of anilines is 2. The zero-order chi connectivity index (χ0) is 25.1. The Hall–Kier alpha value is -3.47. The Morgan fingerprint density at radius 3 is 2.57 bits per heavy atom. The van der Waals surface area contributed by atoms with Crippen molar-refractivity contribution in [3.05, 3.63) is 71.4 Å². The van der Waals surface area contributed by atoms with Crippen molar-refractivity contribution in [2.75, 3.05) is 23.9 Å². The smallest absolute Gasteiger partial charge is 0.341 e. The molecule has 10 heteroatoms. The molecule has 0 saturated carbocycles. The van der Waals surface area contributed by atoms with Gasteiger partial charge in [-0.3, -0.25) is 4.55 Å². The molecule has 35 heavy (non-hydrogen) atoms. The van der Waals surface area contributed by atoms with E-state index in [-0.39, 0.29) is 29.3 Å². The molecule has 0 fully saturated rings. The molecule has 4 rings (SSSR count). The summed E-state index contributed by atoms with van der Waals surface area (Å²) in [5.74, 6) is -1.23. The number of benzene rings is 2. The molecule has 2 aromatic carbocycles. The highest BCUT2D eigenvalue weighted by Gasteiger charge is 2.32. The van der Waals surface area contributed by atoms with Crippen LogP contribution in [0.25, 0.3) is 17.2 Å². The number of halogens is 1. The van der Waals surface area contributed by atoms with E-state index in [0.717, 1.165) is 23.5 Å². The summed E-state index contributed by atoms with van der Waals surface area (Å²) in [4.78, 5) is 14.5. The van der Waals surface area contributed by atoms with Crippen LogP contribution in [0.3, 0.4) is 0 Å². The van der Waals surface area contributed by atoms with Gasteiger partial charge in [-0.05, 0) is 49.5 Å². The van der Waals surface area contributed by atoms with Gasteiger partial charge >= 0.3 is 5.97 Å². The highest BCUT2D eigenvalue weighted by atomic mass is 32.2. The van der Waals surface area contributed by atoms with Gasteiger partial charge in [0.05, 0.1) is 17.6 Å². The minimum Gasteiger partial charge on any atom is -0.484 e. The molecule has 3 aromatic rings. The molecule has 1 atom stereocenters. The SMILES string of the molecule is CCN(CC)CC=Cc1cc(F)ccc1N(c1ccc2c(c1C(=O)O)OCc1occc1-2)S(=O)O. The maximum atomic E-state index is 14.2. The lowest BCUT2D eigenvalue weighted by Crippen LogP contribution is -2.24. The molecular weight excluding hydrogens is 475 g/mol. The van der Waals surface area contributed by atoms with Crippen LogP contribution in [-0.4, -0.2) is 44.4 Å². The Labute approximate surface area is 204 Å². The van der Waals surface area contributed by atoms with E-state index >= 15 is 0 Å². The third kappa shape index (κ3) is 4.86. The molecule has 0 aliphatic carbocycles. The van der Waals surface area contributed by atoms with Gasteiger partial charge < -0.3 is 19.2 Å². The van der Waals surface area contributed by atoms with Crippen molar-refractivity contribution in [1.29, 1.82) is 0 Å². The normalized spacial score (nSPS) is 13.4. The molecule has 0 radical (unpaired) electrons. The number of nitrogens with zero attached hydrogens (tertiary/aromatic N) is 2. The van der Waals surface area contributed by atoms with Crippen LogP contribution in [0.5, 0.6) is 5.75 Å². The number of aromatic carboxylic acids is 1. The molecule has 0 amide bonds. The molecule has 1 unspecified atom stereocenters.